The molecule has 96 valence electrons. The maximum absolute atomic E-state index is 10.6. The van der Waals surface area contributed by atoms with Gasteiger partial charge in [0.1, 0.15) is 5.52 Å². The van der Waals surface area contributed by atoms with Crippen LogP contribution in [-0.4, -0.2) is 29.5 Å². The molecule has 1 heterocycles. The smallest absolute Gasteiger partial charge is 0.295 e. The van der Waals surface area contributed by atoms with E-state index in [0.717, 1.165) is 13.1 Å². The summed E-state index contributed by atoms with van der Waals surface area (Å²) in [6.45, 7) is 4.41. The highest BCUT2D eigenvalue weighted by atomic mass is 16.6. The minimum absolute atomic E-state index is 0.00199. The monoisotopic (exact) mass is 250 g/mol. The van der Waals surface area contributed by atoms with E-state index in [1.54, 1.807) is 6.07 Å². The van der Waals surface area contributed by atoms with Gasteiger partial charge in [-0.25, -0.2) is 0 Å². The predicted molar refractivity (Wildman–Crippen MR) is 67.7 cm³/mol. The van der Waals surface area contributed by atoms with Gasteiger partial charge in [0, 0.05) is 19.2 Å². The molecule has 7 nitrogen and oxygen atoms in total. The average Bonchev–Trinajstić information content (AvgIpc) is 2.76. The molecule has 0 saturated carbocycles. The van der Waals surface area contributed by atoms with E-state index in [4.69, 9.17) is 4.42 Å². The Morgan fingerprint density at radius 1 is 1.44 bits per heavy atom. The number of nitrogens with zero attached hydrogens (tertiary/aromatic N) is 2. The van der Waals surface area contributed by atoms with Gasteiger partial charge in [0.15, 0.2) is 5.58 Å². The van der Waals surface area contributed by atoms with Crippen LogP contribution in [0.2, 0.25) is 0 Å². The number of non-ortho nitro benzene ring substituents is 1. The number of nitro groups is 1. The molecule has 0 spiro atoms. The number of oxazole rings is 1. The van der Waals surface area contributed by atoms with Gasteiger partial charge in [0.2, 0.25) is 0 Å². The molecule has 0 aliphatic heterocycles. The lowest BCUT2D eigenvalue weighted by Gasteiger charge is -2.00. The maximum atomic E-state index is 10.6. The Morgan fingerprint density at radius 3 is 3.00 bits per heavy atom. The lowest BCUT2D eigenvalue weighted by atomic mass is 10.3. The molecule has 0 atom stereocenters. The Kier molecular flexibility index (Phi) is 3.73. The van der Waals surface area contributed by atoms with E-state index in [1.165, 1.54) is 12.1 Å². The quantitative estimate of drug-likeness (QED) is 0.461. The second kappa shape index (κ2) is 5.46. The second-order valence-corrected chi connectivity index (χ2v) is 3.71. The van der Waals surface area contributed by atoms with Crippen LogP contribution in [0.5, 0.6) is 0 Å². The SMILES string of the molecule is CCNCCNc1nc2ccc([N+](=O)[O-])cc2o1. The summed E-state index contributed by atoms with van der Waals surface area (Å²) in [5, 5.41) is 16.8. The summed E-state index contributed by atoms with van der Waals surface area (Å²) in [6.07, 6.45) is 0. The van der Waals surface area contributed by atoms with Crippen molar-refractivity contribution in [1.29, 1.82) is 0 Å². The first-order chi connectivity index (χ1) is 8.70. The number of nitrogens with one attached hydrogen (secondary N) is 2. The first-order valence-corrected chi connectivity index (χ1v) is 5.70. The Labute approximate surface area is 103 Å². The number of benzene rings is 1. The molecule has 0 amide bonds. The molecule has 18 heavy (non-hydrogen) atoms. The highest BCUT2D eigenvalue weighted by Crippen LogP contribution is 2.23. The molecule has 1 aromatic heterocycles. The number of likely N-dealkylation sites (N-methyl/N-ethyl adjacent to an activating group) is 1. The molecule has 0 bridgehead atoms. The zero-order valence-corrected chi connectivity index (χ0v) is 9.97. The lowest BCUT2D eigenvalue weighted by Crippen LogP contribution is -2.21. The molecule has 0 aliphatic carbocycles. The van der Waals surface area contributed by atoms with E-state index >= 15 is 0 Å². The topological polar surface area (TPSA) is 93.2 Å². The van der Waals surface area contributed by atoms with Crippen LogP contribution in [0.1, 0.15) is 6.92 Å². The van der Waals surface area contributed by atoms with E-state index < -0.39 is 4.92 Å². The zero-order chi connectivity index (χ0) is 13.0. The van der Waals surface area contributed by atoms with Crippen LogP contribution >= 0.6 is 0 Å². The largest absolute Gasteiger partial charge is 0.423 e. The summed E-state index contributed by atoms with van der Waals surface area (Å²) in [5.41, 5.74) is 1.01. The van der Waals surface area contributed by atoms with Crippen LogP contribution in [0.4, 0.5) is 11.7 Å². The van der Waals surface area contributed by atoms with E-state index in [1.807, 2.05) is 6.92 Å². The molecule has 0 saturated heterocycles. The summed E-state index contributed by atoms with van der Waals surface area (Å²) in [6, 6.07) is 4.74. The van der Waals surface area contributed by atoms with Crippen molar-refractivity contribution in [2.45, 2.75) is 6.92 Å². The maximum Gasteiger partial charge on any atom is 0.295 e. The van der Waals surface area contributed by atoms with Crippen LogP contribution in [0.3, 0.4) is 0 Å². The second-order valence-electron chi connectivity index (χ2n) is 3.71. The highest BCUT2D eigenvalue weighted by Gasteiger charge is 2.11. The summed E-state index contributed by atoms with van der Waals surface area (Å²) >= 11 is 0. The Hall–Kier alpha value is -2.15. The molecule has 1 aromatic carbocycles. The van der Waals surface area contributed by atoms with Gasteiger partial charge in [-0.1, -0.05) is 6.92 Å². The number of rotatable bonds is 6. The molecule has 0 aliphatic rings. The number of hydrogen-bond acceptors (Lipinski definition) is 6. The number of fused-ring (bicyclic) bond motifs is 1. The fourth-order valence-electron chi connectivity index (χ4n) is 1.54. The van der Waals surface area contributed by atoms with Gasteiger partial charge in [-0.05, 0) is 12.6 Å². The lowest BCUT2D eigenvalue weighted by molar-refractivity contribution is -0.384. The van der Waals surface area contributed by atoms with E-state index in [-0.39, 0.29) is 5.69 Å². The van der Waals surface area contributed by atoms with Crippen LogP contribution in [0, 0.1) is 10.1 Å². The van der Waals surface area contributed by atoms with E-state index in [2.05, 4.69) is 15.6 Å². The third-order valence-corrected chi connectivity index (χ3v) is 2.41. The van der Waals surface area contributed by atoms with Gasteiger partial charge in [-0.2, -0.15) is 4.98 Å². The van der Waals surface area contributed by atoms with Crippen molar-refractivity contribution in [2.75, 3.05) is 25.0 Å². The van der Waals surface area contributed by atoms with Gasteiger partial charge in [-0.3, -0.25) is 10.1 Å². The van der Waals surface area contributed by atoms with Gasteiger partial charge in [-0.15, -0.1) is 0 Å². The average molecular weight is 250 g/mol. The Morgan fingerprint density at radius 2 is 2.28 bits per heavy atom. The van der Waals surface area contributed by atoms with Crippen molar-refractivity contribution in [2.24, 2.45) is 0 Å². The van der Waals surface area contributed by atoms with Gasteiger partial charge in [0.25, 0.3) is 11.7 Å². The van der Waals surface area contributed by atoms with Crippen LogP contribution in [0.25, 0.3) is 11.1 Å². The summed E-state index contributed by atoms with van der Waals surface area (Å²) in [4.78, 5) is 14.3. The molecule has 2 rings (SSSR count). The van der Waals surface area contributed by atoms with Crippen molar-refractivity contribution >= 4 is 22.8 Å². The first-order valence-electron chi connectivity index (χ1n) is 5.70. The van der Waals surface area contributed by atoms with Crippen molar-refractivity contribution in [3.8, 4) is 0 Å². The Bertz CT molecular complexity index is 552. The van der Waals surface area contributed by atoms with E-state index in [9.17, 15) is 10.1 Å². The fraction of sp³-hybridized carbons (Fsp3) is 0.364. The number of aromatic nitrogens is 1. The summed E-state index contributed by atoms with van der Waals surface area (Å²) in [7, 11) is 0. The summed E-state index contributed by atoms with van der Waals surface area (Å²) in [5.74, 6) is 0. The van der Waals surface area contributed by atoms with Crippen molar-refractivity contribution in [3.63, 3.8) is 0 Å². The number of nitro benzene ring substituents is 1. The van der Waals surface area contributed by atoms with E-state index in [0.29, 0.717) is 23.7 Å². The molecule has 2 aromatic rings. The fourth-order valence-corrected chi connectivity index (χ4v) is 1.54. The molecule has 0 radical (unpaired) electrons. The van der Waals surface area contributed by atoms with Crippen molar-refractivity contribution in [3.05, 3.63) is 28.3 Å². The van der Waals surface area contributed by atoms with Crippen LogP contribution < -0.4 is 10.6 Å². The molecule has 7 heteroatoms. The van der Waals surface area contributed by atoms with Crippen LogP contribution in [-0.2, 0) is 0 Å². The minimum Gasteiger partial charge on any atom is -0.423 e. The third-order valence-electron chi connectivity index (χ3n) is 2.41. The minimum atomic E-state index is -0.458. The molecule has 0 unspecified atom stereocenters. The summed E-state index contributed by atoms with van der Waals surface area (Å²) < 4.78 is 5.38. The molecule has 0 fully saturated rings. The van der Waals surface area contributed by atoms with Crippen LogP contribution in [0.15, 0.2) is 22.6 Å². The predicted octanol–water partition coefficient (Wildman–Crippen LogP) is 1.76. The normalized spacial score (nSPS) is 10.7. The number of anilines is 1. The van der Waals surface area contributed by atoms with Gasteiger partial charge < -0.3 is 15.1 Å². The number of hydrogen-bond donors (Lipinski definition) is 2. The zero-order valence-electron chi connectivity index (χ0n) is 9.97. The molecule has 2 N–H and O–H groups in total. The first kappa shape index (κ1) is 12.3. The van der Waals surface area contributed by atoms with Crippen molar-refractivity contribution in [1.82, 2.24) is 10.3 Å². The highest BCUT2D eigenvalue weighted by molar-refractivity contribution is 5.77. The third kappa shape index (κ3) is 2.75. The molecular weight excluding hydrogens is 236 g/mol. The molecular formula is C11H14N4O3. The van der Waals surface area contributed by atoms with Gasteiger partial charge >= 0.3 is 0 Å². The van der Waals surface area contributed by atoms with Gasteiger partial charge in [0.05, 0.1) is 11.0 Å². The standard InChI is InChI=1S/C11H14N4O3/c1-2-12-5-6-13-11-14-9-4-3-8(15(16)17)7-10(9)18-11/h3-4,7,12H,2,5-6H2,1H3,(H,13,14). The Balaban J connectivity index is 2.09. The van der Waals surface area contributed by atoms with Crippen molar-refractivity contribution < 1.29 is 9.34 Å².